The Labute approximate surface area is 110 Å². The van der Waals surface area contributed by atoms with Crippen molar-refractivity contribution >= 4 is 5.69 Å². The predicted molar refractivity (Wildman–Crippen MR) is 68.4 cm³/mol. The minimum atomic E-state index is -0.669. The summed E-state index contributed by atoms with van der Waals surface area (Å²) in [6.45, 7) is 3.13. The van der Waals surface area contributed by atoms with Crippen LogP contribution in [0.1, 0.15) is 30.9 Å². The first kappa shape index (κ1) is 13.8. The van der Waals surface area contributed by atoms with E-state index >= 15 is 0 Å². The number of ether oxygens (including phenoxy) is 1. The van der Waals surface area contributed by atoms with Crippen LogP contribution in [0.3, 0.4) is 0 Å². The highest BCUT2D eigenvalue weighted by atomic mass is 16.6. The number of hydrogen-bond acceptors (Lipinski definition) is 5. The van der Waals surface area contributed by atoms with Crippen LogP contribution in [0.4, 0.5) is 5.69 Å². The van der Waals surface area contributed by atoms with Crippen molar-refractivity contribution in [3.63, 3.8) is 0 Å². The number of aliphatic hydroxyl groups excluding tert-OH is 2. The van der Waals surface area contributed by atoms with Crippen molar-refractivity contribution in [3.05, 3.63) is 33.4 Å². The second-order valence-corrected chi connectivity index (χ2v) is 5.38. The zero-order chi connectivity index (χ0) is 14.2. The molecule has 104 valence electrons. The number of benzene rings is 1. The monoisotopic (exact) mass is 267 g/mol. The molecular weight excluding hydrogens is 250 g/mol. The zero-order valence-corrected chi connectivity index (χ0v) is 10.9. The fraction of sp³-hybridized carbons (Fsp3) is 0.538. The third-order valence-corrected chi connectivity index (χ3v) is 3.29. The molecule has 0 aliphatic carbocycles. The van der Waals surface area contributed by atoms with Gasteiger partial charge in [-0.3, -0.25) is 10.1 Å². The fourth-order valence-corrected chi connectivity index (χ4v) is 2.39. The first-order valence-corrected chi connectivity index (χ1v) is 6.10. The standard InChI is InChI=1S/C13H17NO5/c1-13(2)5-8-3-11(14(17)18)10(4-12(8)19-13)9(6-15)7-16/h3-4,9,15-16H,5-7H2,1-2H3. The lowest BCUT2D eigenvalue weighted by Gasteiger charge is -2.17. The summed E-state index contributed by atoms with van der Waals surface area (Å²) in [6, 6.07) is 3.05. The highest BCUT2D eigenvalue weighted by Crippen LogP contribution is 2.40. The van der Waals surface area contributed by atoms with Crippen LogP contribution in [0.15, 0.2) is 12.1 Å². The molecule has 0 aromatic heterocycles. The normalized spacial score (nSPS) is 16.3. The lowest BCUT2D eigenvalue weighted by atomic mass is 9.94. The van der Waals surface area contributed by atoms with Gasteiger partial charge >= 0.3 is 0 Å². The van der Waals surface area contributed by atoms with Crippen LogP contribution in [0.25, 0.3) is 0 Å². The largest absolute Gasteiger partial charge is 0.487 e. The molecule has 0 unspecified atom stereocenters. The van der Waals surface area contributed by atoms with Crippen molar-refractivity contribution in [2.75, 3.05) is 13.2 Å². The van der Waals surface area contributed by atoms with Gasteiger partial charge in [0.25, 0.3) is 5.69 Å². The van der Waals surface area contributed by atoms with Gasteiger partial charge in [0.05, 0.1) is 18.1 Å². The van der Waals surface area contributed by atoms with Gasteiger partial charge in [0.2, 0.25) is 0 Å². The molecule has 6 heteroatoms. The van der Waals surface area contributed by atoms with Crippen LogP contribution in [0.5, 0.6) is 5.75 Å². The van der Waals surface area contributed by atoms with Gasteiger partial charge in [-0.05, 0) is 19.9 Å². The topological polar surface area (TPSA) is 92.8 Å². The molecule has 0 spiro atoms. The minimum absolute atomic E-state index is 0.0758. The van der Waals surface area contributed by atoms with Crippen LogP contribution >= 0.6 is 0 Å². The SMILES string of the molecule is CC1(C)Cc2cc([N+](=O)[O-])c(C(CO)CO)cc2O1. The molecule has 1 heterocycles. The van der Waals surface area contributed by atoms with E-state index in [9.17, 15) is 20.3 Å². The third kappa shape index (κ3) is 2.54. The Bertz CT molecular complexity index is 508. The molecule has 0 bridgehead atoms. The number of fused-ring (bicyclic) bond motifs is 1. The number of hydrogen-bond donors (Lipinski definition) is 2. The van der Waals surface area contributed by atoms with Crippen molar-refractivity contribution in [3.8, 4) is 5.75 Å². The van der Waals surface area contributed by atoms with Crippen molar-refractivity contribution in [1.29, 1.82) is 0 Å². The van der Waals surface area contributed by atoms with E-state index in [2.05, 4.69) is 0 Å². The molecule has 2 N–H and O–H groups in total. The molecule has 1 aliphatic heterocycles. The van der Waals surface area contributed by atoms with Gasteiger partial charge in [0.15, 0.2) is 0 Å². The summed E-state index contributed by atoms with van der Waals surface area (Å²) in [4.78, 5) is 10.6. The summed E-state index contributed by atoms with van der Waals surface area (Å²) in [7, 11) is 0. The maximum Gasteiger partial charge on any atom is 0.273 e. The summed E-state index contributed by atoms with van der Waals surface area (Å²) in [5.74, 6) is -0.0736. The molecule has 0 radical (unpaired) electrons. The molecule has 6 nitrogen and oxygen atoms in total. The Kier molecular flexibility index (Phi) is 3.47. The summed E-state index contributed by atoms with van der Waals surface area (Å²) in [5.41, 5.74) is 0.637. The van der Waals surface area contributed by atoms with Crippen LogP contribution < -0.4 is 4.74 Å². The van der Waals surface area contributed by atoms with Crippen LogP contribution in [-0.4, -0.2) is 34.0 Å². The van der Waals surface area contributed by atoms with Gasteiger partial charge in [-0.25, -0.2) is 0 Å². The van der Waals surface area contributed by atoms with Crippen molar-refractivity contribution in [1.82, 2.24) is 0 Å². The summed E-state index contributed by atoms with van der Waals surface area (Å²) in [5, 5.41) is 29.5. The lowest BCUT2D eigenvalue weighted by molar-refractivity contribution is -0.385. The van der Waals surface area contributed by atoms with Crippen molar-refractivity contribution < 1.29 is 19.9 Å². The van der Waals surface area contributed by atoms with Gasteiger partial charge in [0, 0.05) is 29.5 Å². The van der Waals surface area contributed by atoms with E-state index in [1.54, 1.807) is 6.07 Å². The molecule has 0 saturated heterocycles. The summed E-state index contributed by atoms with van der Waals surface area (Å²) in [6.07, 6.45) is 0.604. The molecule has 0 fully saturated rings. The van der Waals surface area contributed by atoms with Gasteiger partial charge in [-0.15, -0.1) is 0 Å². The molecule has 1 aliphatic rings. The molecular formula is C13H17NO5. The highest BCUT2D eigenvalue weighted by Gasteiger charge is 2.34. The summed E-state index contributed by atoms with van der Waals surface area (Å²) < 4.78 is 5.72. The number of nitro benzene ring substituents is 1. The smallest absolute Gasteiger partial charge is 0.273 e. The quantitative estimate of drug-likeness (QED) is 0.635. The predicted octanol–water partition coefficient (Wildman–Crippen LogP) is 1.38. The van der Waals surface area contributed by atoms with Gasteiger partial charge in [-0.2, -0.15) is 0 Å². The van der Waals surface area contributed by atoms with Crippen molar-refractivity contribution in [2.45, 2.75) is 31.8 Å². The molecule has 0 amide bonds. The lowest BCUT2D eigenvalue weighted by Crippen LogP contribution is -2.24. The zero-order valence-electron chi connectivity index (χ0n) is 10.9. The molecule has 0 saturated carbocycles. The van der Waals surface area contributed by atoms with Gasteiger partial charge in [-0.1, -0.05) is 0 Å². The fourth-order valence-electron chi connectivity index (χ4n) is 2.39. The maximum atomic E-state index is 11.1. The van der Waals surface area contributed by atoms with E-state index in [0.29, 0.717) is 17.7 Å². The number of aliphatic hydroxyl groups is 2. The van der Waals surface area contributed by atoms with E-state index in [-0.39, 0.29) is 24.5 Å². The van der Waals surface area contributed by atoms with E-state index in [4.69, 9.17) is 4.74 Å². The molecule has 0 atom stereocenters. The Morgan fingerprint density at radius 2 is 2.05 bits per heavy atom. The van der Waals surface area contributed by atoms with Crippen LogP contribution in [-0.2, 0) is 6.42 Å². The molecule has 1 aromatic carbocycles. The maximum absolute atomic E-state index is 11.1. The second-order valence-electron chi connectivity index (χ2n) is 5.38. The molecule has 19 heavy (non-hydrogen) atoms. The molecule has 2 rings (SSSR count). The third-order valence-electron chi connectivity index (χ3n) is 3.29. The Balaban J connectivity index is 2.52. The average Bonchev–Trinajstić information content (AvgIpc) is 2.62. The minimum Gasteiger partial charge on any atom is -0.487 e. The van der Waals surface area contributed by atoms with E-state index in [1.165, 1.54) is 6.07 Å². The van der Waals surface area contributed by atoms with Crippen molar-refractivity contribution in [2.24, 2.45) is 0 Å². The Hall–Kier alpha value is -1.66. The first-order chi connectivity index (χ1) is 8.88. The van der Waals surface area contributed by atoms with E-state index < -0.39 is 10.8 Å². The highest BCUT2D eigenvalue weighted by molar-refractivity contribution is 5.54. The van der Waals surface area contributed by atoms with Gasteiger partial charge in [0.1, 0.15) is 11.4 Å². The van der Waals surface area contributed by atoms with E-state index in [0.717, 1.165) is 5.56 Å². The summed E-state index contributed by atoms with van der Waals surface area (Å²) >= 11 is 0. The second kappa shape index (κ2) is 4.79. The molecule has 1 aromatic rings. The number of nitro groups is 1. The number of rotatable bonds is 4. The van der Waals surface area contributed by atoms with Crippen LogP contribution in [0.2, 0.25) is 0 Å². The van der Waals surface area contributed by atoms with Crippen LogP contribution in [0, 0.1) is 10.1 Å². The Morgan fingerprint density at radius 3 is 2.58 bits per heavy atom. The van der Waals surface area contributed by atoms with Gasteiger partial charge < -0.3 is 14.9 Å². The Morgan fingerprint density at radius 1 is 1.42 bits per heavy atom. The average molecular weight is 267 g/mol. The first-order valence-electron chi connectivity index (χ1n) is 6.10. The number of nitrogens with zero attached hydrogens (tertiary/aromatic N) is 1. The van der Waals surface area contributed by atoms with E-state index in [1.807, 2.05) is 13.8 Å².